The Kier molecular flexibility index (Phi) is 1.60. The molecule has 1 heterocycles. The van der Waals surface area contributed by atoms with Gasteiger partial charge in [-0.25, -0.2) is 4.98 Å². The number of oxazole rings is 1. The summed E-state index contributed by atoms with van der Waals surface area (Å²) >= 11 is 0. The maximum Gasteiger partial charge on any atom is 0.287 e. The van der Waals surface area contributed by atoms with E-state index in [1.165, 1.54) is 6.92 Å². The molecule has 0 aliphatic heterocycles. The van der Waals surface area contributed by atoms with E-state index >= 15 is 0 Å². The van der Waals surface area contributed by atoms with Gasteiger partial charge in [-0.05, 0) is 0 Å². The molecule has 0 unspecified atom stereocenters. The average Bonchev–Trinajstić information content (AvgIpc) is 2.30. The van der Waals surface area contributed by atoms with Gasteiger partial charge in [0.05, 0.1) is 0 Å². The van der Waals surface area contributed by atoms with Crippen LogP contribution in [0.25, 0.3) is 0 Å². The fourth-order valence-electron chi connectivity index (χ4n) is 0.670. The molecule has 0 fully saturated rings. The second kappa shape index (κ2) is 2.42. The van der Waals surface area contributed by atoms with Gasteiger partial charge < -0.3 is 10.2 Å². The zero-order valence-corrected chi connectivity index (χ0v) is 5.79. The third-order valence-corrected chi connectivity index (χ3v) is 1.06. The molecule has 2 N–H and O–H groups in total. The molecular weight excluding hydrogens is 146 g/mol. The molecule has 0 spiro atoms. The fraction of sp³-hybridized carbons (Fsp3) is 0.167. The van der Waals surface area contributed by atoms with Crippen LogP contribution in [0.15, 0.2) is 4.42 Å². The van der Waals surface area contributed by atoms with Crippen LogP contribution in [0.4, 0.5) is 0 Å². The van der Waals surface area contributed by atoms with Gasteiger partial charge in [0, 0.05) is 6.92 Å². The fourth-order valence-corrected chi connectivity index (χ4v) is 0.670. The molecule has 0 atom stereocenters. The molecule has 5 heteroatoms. The van der Waals surface area contributed by atoms with Gasteiger partial charge in [0.2, 0.25) is 5.76 Å². The molecule has 0 aliphatic rings. The Morgan fingerprint density at radius 1 is 1.82 bits per heavy atom. The molecule has 0 aromatic carbocycles. The van der Waals surface area contributed by atoms with E-state index in [1.54, 1.807) is 6.07 Å². The zero-order valence-electron chi connectivity index (χ0n) is 5.79. The predicted molar refractivity (Wildman–Crippen MR) is 34.5 cm³/mol. The molecule has 1 aromatic rings. The first-order chi connectivity index (χ1) is 5.15. The minimum absolute atomic E-state index is 0.0602. The molecule has 1 amide bonds. The van der Waals surface area contributed by atoms with Crippen LogP contribution >= 0.6 is 0 Å². The number of hydrogen-bond donors (Lipinski definition) is 1. The highest BCUT2D eigenvalue weighted by Crippen LogP contribution is 2.07. The second-order valence-corrected chi connectivity index (χ2v) is 1.89. The number of aryl methyl sites for hydroxylation is 1. The lowest BCUT2D eigenvalue weighted by Gasteiger charge is -1.83. The number of carbonyl (C=O) groups is 1. The summed E-state index contributed by atoms with van der Waals surface area (Å²) in [6.45, 7) is 1.54. The molecule has 0 bridgehead atoms. The Balaban J connectivity index is 3.26. The molecule has 0 aliphatic carbocycles. The number of nitrogens with two attached hydrogens (primary N) is 1. The number of amides is 1. The van der Waals surface area contributed by atoms with Gasteiger partial charge in [0.25, 0.3) is 5.91 Å². The summed E-state index contributed by atoms with van der Waals surface area (Å²) < 4.78 is 4.76. The van der Waals surface area contributed by atoms with Crippen LogP contribution in [-0.2, 0) is 0 Å². The van der Waals surface area contributed by atoms with E-state index in [0.717, 1.165) is 0 Å². The molecule has 0 radical (unpaired) electrons. The van der Waals surface area contributed by atoms with Crippen molar-refractivity contribution in [2.75, 3.05) is 0 Å². The van der Waals surface area contributed by atoms with Crippen LogP contribution in [0.2, 0.25) is 0 Å². The lowest BCUT2D eigenvalue weighted by molar-refractivity contribution is 0.0972. The van der Waals surface area contributed by atoms with Crippen LogP contribution in [0.1, 0.15) is 22.1 Å². The predicted octanol–water partition coefficient (Wildman–Crippen LogP) is -0.0464. The highest BCUT2D eigenvalue weighted by atomic mass is 16.4. The molecule has 1 aromatic heterocycles. The Hall–Kier alpha value is -1.83. The van der Waals surface area contributed by atoms with Gasteiger partial charge in [0.15, 0.2) is 11.6 Å². The summed E-state index contributed by atoms with van der Waals surface area (Å²) in [4.78, 5) is 14.2. The minimum atomic E-state index is -0.776. The third kappa shape index (κ3) is 1.19. The van der Waals surface area contributed by atoms with Crippen molar-refractivity contribution in [2.45, 2.75) is 6.92 Å². The lowest BCUT2D eigenvalue weighted by atomic mass is 10.3. The summed E-state index contributed by atoms with van der Waals surface area (Å²) in [6.07, 6.45) is 0. The Labute approximate surface area is 62.4 Å². The maximum absolute atomic E-state index is 10.5. The van der Waals surface area contributed by atoms with E-state index < -0.39 is 5.91 Å². The highest BCUT2D eigenvalue weighted by molar-refractivity contribution is 5.91. The normalized spacial score (nSPS) is 9.09. The number of hydrogen-bond acceptors (Lipinski definition) is 4. The van der Waals surface area contributed by atoms with Crippen molar-refractivity contribution < 1.29 is 9.21 Å². The summed E-state index contributed by atoms with van der Waals surface area (Å²) in [5, 5.41) is 8.40. The Morgan fingerprint density at radius 2 is 2.45 bits per heavy atom. The van der Waals surface area contributed by atoms with Crippen molar-refractivity contribution in [3.63, 3.8) is 0 Å². The molecule has 0 saturated carbocycles. The first-order valence-corrected chi connectivity index (χ1v) is 2.82. The average molecular weight is 151 g/mol. The highest BCUT2D eigenvalue weighted by Gasteiger charge is 2.14. The SMILES string of the molecule is Cc1nc(C#N)c(C(N)=O)o1. The number of rotatable bonds is 1. The van der Waals surface area contributed by atoms with Gasteiger partial charge in [-0.2, -0.15) is 5.26 Å². The zero-order chi connectivity index (χ0) is 8.43. The van der Waals surface area contributed by atoms with Crippen molar-refractivity contribution in [3.05, 3.63) is 17.3 Å². The standard InChI is InChI=1S/C6H5N3O2/c1-3-9-4(2-7)5(11-3)6(8)10/h1H3,(H2,8,10). The van der Waals surface area contributed by atoms with E-state index in [1.807, 2.05) is 0 Å². The van der Waals surface area contributed by atoms with Gasteiger partial charge in [-0.1, -0.05) is 0 Å². The summed E-state index contributed by atoms with van der Waals surface area (Å²) in [7, 11) is 0. The number of primary amides is 1. The monoisotopic (exact) mass is 151 g/mol. The quantitative estimate of drug-likeness (QED) is 0.609. The topological polar surface area (TPSA) is 92.9 Å². The van der Waals surface area contributed by atoms with Crippen molar-refractivity contribution in [1.82, 2.24) is 4.98 Å². The number of nitriles is 1. The summed E-state index contributed by atoms with van der Waals surface area (Å²) in [6, 6.07) is 1.69. The van der Waals surface area contributed by atoms with Gasteiger partial charge in [-0.3, -0.25) is 4.79 Å². The Bertz CT molecular complexity index is 334. The van der Waals surface area contributed by atoms with E-state index in [-0.39, 0.29) is 17.3 Å². The second-order valence-electron chi connectivity index (χ2n) is 1.89. The number of nitrogens with zero attached hydrogens (tertiary/aromatic N) is 2. The van der Waals surface area contributed by atoms with Gasteiger partial charge in [0.1, 0.15) is 6.07 Å². The van der Waals surface area contributed by atoms with Crippen molar-refractivity contribution >= 4 is 5.91 Å². The van der Waals surface area contributed by atoms with Gasteiger partial charge in [-0.15, -0.1) is 0 Å². The summed E-state index contributed by atoms with van der Waals surface area (Å²) in [5.41, 5.74) is 4.82. The van der Waals surface area contributed by atoms with Crippen LogP contribution < -0.4 is 5.73 Å². The van der Waals surface area contributed by atoms with Crippen molar-refractivity contribution in [3.8, 4) is 6.07 Å². The largest absolute Gasteiger partial charge is 0.434 e. The molecule has 5 nitrogen and oxygen atoms in total. The van der Waals surface area contributed by atoms with E-state index in [2.05, 4.69) is 4.98 Å². The van der Waals surface area contributed by atoms with Crippen LogP contribution in [-0.4, -0.2) is 10.9 Å². The Morgan fingerprint density at radius 3 is 2.82 bits per heavy atom. The first kappa shape index (κ1) is 7.28. The van der Waals surface area contributed by atoms with Gasteiger partial charge >= 0.3 is 0 Å². The summed E-state index contributed by atoms with van der Waals surface area (Å²) in [5.74, 6) is -0.692. The van der Waals surface area contributed by atoms with E-state index in [9.17, 15) is 4.79 Å². The van der Waals surface area contributed by atoms with Crippen LogP contribution in [0, 0.1) is 18.3 Å². The maximum atomic E-state index is 10.5. The van der Waals surface area contributed by atoms with E-state index in [4.69, 9.17) is 15.4 Å². The smallest absolute Gasteiger partial charge is 0.287 e. The lowest BCUT2D eigenvalue weighted by Crippen LogP contribution is -2.11. The third-order valence-electron chi connectivity index (χ3n) is 1.06. The van der Waals surface area contributed by atoms with Crippen molar-refractivity contribution in [2.24, 2.45) is 5.73 Å². The van der Waals surface area contributed by atoms with E-state index in [0.29, 0.717) is 0 Å². The van der Waals surface area contributed by atoms with Crippen LogP contribution in [0.3, 0.4) is 0 Å². The van der Waals surface area contributed by atoms with Crippen LogP contribution in [0.5, 0.6) is 0 Å². The minimum Gasteiger partial charge on any atom is -0.434 e. The molecule has 11 heavy (non-hydrogen) atoms. The number of aromatic nitrogens is 1. The number of carbonyl (C=O) groups excluding carboxylic acids is 1. The molecule has 1 rings (SSSR count). The van der Waals surface area contributed by atoms with Crippen molar-refractivity contribution in [1.29, 1.82) is 5.26 Å². The first-order valence-electron chi connectivity index (χ1n) is 2.82. The molecular formula is C6H5N3O2. The molecule has 0 saturated heterocycles. The molecule has 56 valence electrons.